The van der Waals surface area contributed by atoms with Crippen molar-refractivity contribution in [2.24, 2.45) is 0 Å². The van der Waals surface area contributed by atoms with Crippen LogP contribution in [0.1, 0.15) is 21.6 Å². The van der Waals surface area contributed by atoms with Crippen LogP contribution in [0.25, 0.3) is 0 Å². The van der Waals surface area contributed by atoms with Gasteiger partial charge >= 0.3 is 0 Å². The Kier molecular flexibility index (Phi) is 5.02. The van der Waals surface area contributed by atoms with Crippen molar-refractivity contribution in [1.29, 1.82) is 0 Å². The Balaban J connectivity index is 1.53. The number of carbonyl (C=O) groups excluding carboxylic acids is 1. The molecule has 0 saturated heterocycles. The average molecular weight is 411 g/mol. The molecule has 1 amide bonds. The van der Waals surface area contributed by atoms with Gasteiger partial charge in [0.25, 0.3) is 15.9 Å². The number of anilines is 1. The molecule has 4 rings (SSSR count). The van der Waals surface area contributed by atoms with Gasteiger partial charge in [0.2, 0.25) is 0 Å². The van der Waals surface area contributed by atoms with E-state index in [-0.39, 0.29) is 22.2 Å². The molecule has 0 fully saturated rings. The minimum Gasteiger partial charge on any atom is -0.333 e. The number of amides is 1. The number of pyridine rings is 1. The number of sulfonamides is 1. The Bertz CT molecular complexity index is 1160. The zero-order valence-corrected chi connectivity index (χ0v) is 16.2. The standard InChI is InChI=1S/C21H18FN3O3S/c22-17-5-7-19(8-6-17)29(27,28)24-18-9-11-23-20(13-18)21(26)25-12-10-15-3-1-2-4-16(15)14-25/h1-9,11,13H,10,12,14H2,(H,23,24). The first-order chi connectivity index (χ1) is 13.9. The van der Waals surface area contributed by atoms with Crippen LogP contribution in [0.2, 0.25) is 0 Å². The van der Waals surface area contributed by atoms with Crippen LogP contribution in [-0.2, 0) is 23.0 Å². The van der Waals surface area contributed by atoms with Crippen LogP contribution in [0.5, 0.6) is 0 Å². The van der Waals surface area contributed by atoms with Crippen molar-refractivity contribution < 1.29 is 17.6 Å². The molecule has 1 N–H and O–H groups in total. The predicted molar refractivity (Wildman–Crippen MR) is 106 cm³/mol. The topological polar surface area (TPSA) is 79.4 Å². The normalized spacial score (nSPS) is 13.6. The summed E-state index contributed by atoms with van der Waals surface area (Å²) in [6, 6.07) is 15.3. The minimum absolute atomic E-state index is 0.0729. The van der Waals surface area contributed by atoms with Gasteiger partial charge in [-0.1, -0.05) is 24.3 Å². The molecule has 0 atom stereocenters. The van der Waals surface area contributed by atoms with Gasteiger partial charge in [-0.15, -0.1) is 0 Å². The van der Waals surface area contributed by atoms with Gasteiger partial charge in [0.1, 0.15) is 11.5 Å². The summed E-state index contributed by atoms with van der Waals surface area (Å²) < 4.78 is 40.4. The van der Waals surface area contributed by atoms with Gasteiger partial charge < -0.3 is 4.90 Å². The second-order valence-electron chi connectivity index (χ2n) is 6.73. The highest BCUT2D eigenvalue weighted by Gasteiger charge is 2.23. The quantitative estimate of drug-likeness (QED) is 0.715. The molecule has 8 heteroatoms. The Labute approximate surface area is 168 Å². The van der Waals surface area contributed by atoms with Crippen molar-refractivity contribution in [3.63, 3.8) is 0 Å². The number of rotatable bonds is 4. The molecule has 0 spiro atoms. The van der Waals surface area contributed by atoms with Crippen molar-refractivity contribution in [3.05, 3.63) is 89.5 Å². The highest BCUT2D eigenvalue weighted by molar-refractivity contribution is 7.92. The summed E-state index contributed by atoms with van der Waals surface area (Å²) >= 11 is 0. The lowest BCUT2D eigenvalue weighted by Crippen LogP contribution is -2.36. The molecule has 1 aliphatic heterocycles. The van der Waals surface area contributed by atoms with Crippen LogP contribution in [0.4, 0.5) is 10.1 Å². The highest BCUT2D eigenvalue weighted by atomic mass is 32.2. The largest absolute Gasteiger partial charge is 0.333 e. The molecular formula is C21H18FN3O3S. The molecule has 2 aromatic carbocycles. The lowest BCUT2D eigenvalue weighted by Gasteiger charge is -2.28. The van der Waals surface area contributed by atoms with Gasteiger partial charge in [-0.05, 0) is 53.9 Å². The Morgan fingerprint density at radius 1 is 1.03 bits per heavy atom. The summed E-state index contributed by atoms with van der Waals surface area (Å²) in [5.74, 6) is -0.786. The third-order valence-electron chi connectivity index (χ3n) is 4.77. The molecule has 0 saturated carbocycles. The van der Waals surface area contributed by atoms with E-state index >= 15 is 0 Å². The van der Waals surface area contributed by atoms with Crippen LogP contribution >= 0.6 is 0 Å². The molecule has 2 heterocycles. The molecular weight excluding hydrogens is 393 g/mol. The van der Waals surface area contributed by atoms with Crippen LogP contribution in [0.3, 0.4) is 0 Å². The minimum atomic E-state index is -3.91. The maximum atomic E-state index is 13.0. The number of halogens is 1. The van der Waals surface area contributed by atoms with Gasteiger partial charge in [-0.3, -0.25) is 14.5 Å². The monoisotopic (exact) mass is 411 g/mol. The van der Waals surface area contributed by atoms with Gasteiger partial charge in [-0.2, -0.15) is 0 Å². The van der Waals surface area contributed by atoms with E-state index in [1.165, 1.54) is 36.0 Å². The van der Waals surface area contributed by atoms with Gasteiger partial charge in [-0.25, -0.2) is 12.8 Å². The molecule has 1 aromatic heterocycles. The number of hydrogen-bond donors (Lipinski definition) is 1. The number of nitrogens with one attached hydrogen (secondary N) is 1. The Hall–Kier alpha value is -3.26. The fraction of sp³-hybridized carbons (Fsp3) is 0.143. The van der Waals surface area contributed by atoms with Crippen molar-refractivity contribution in [3.8, 4) is 0 Å². The SMILES string of the molecule is O=C(c1cc(NS(=O)(=O)c2ccc(F)cc2)ccn1)N1CCc2ccccc2C1. The van der Waals surface area contributed by atoms with E-state index in [0.29, 0.717) is 13.1 Å². The summed E-state index contributed by atoms with van der Waals surface area (Å²) in [6.45, 7) is 1.06. The summed E-state index contributed by atoms with van der Waals surface area (Å²) in [5.41, 5.74) is 2.69. The van der Waals surface area contributed by atoms with Crippen molar-refractivity contribution in [1.82, 2.24) is 9.88 Å². The maximum Gasteiger partial charge on any atom is 0.272 e. The van der Waals surface area contributed by atoms with Gasteiger partial charge in [0.05, 0.1) is 10.6 Å². The summed E-state index contributed by atoms with van der Waals surface area (Å²) in [6.07, 6.45) is 2.15. The van der Waals surface area contributed by atoms with Crippen LogP contribution < -0.4 is 4.72 Å². The van der Waals surface area contributed by atoms with E-state index in [0.717, 1.165) is 24.1 Å². The summed E-state index contributed by atoms with van der Waals surface area (Å²) in [5, 5.41) is 0. The maximum absolute atomic E-state index is 13.0. The molecule has 0 radical (unpaired) electrons. The van der Waals surface area contributed by atoms with Crippen LogP contribution in [0, 0.1) is 5.82 Å². The number of hydrogen-bond acceptors (Lipinski definition) is 4. The molecule has 0 unspecified atom stereocenters. The van der Waals surface area contributed by atoms with E-state index in [9.17, 15) is 17.6 Å². The van der Waals surface area contributed by atoms with E-state index in [1.807, 2.05) is 18.2 Å². The molecule has 3 aromatic rings. The van der Waals surface area contributed by atoms with Crippen molar-refractivity contribution in [2.75, 3.05) is 11.3 Å². The van der Waals surface area contributed by atoms with E-state index < -0.39 is 15.8 Å². The number of nitrogens with zero attached hydrogens (tertiary/aromatic N) is 2. The second kappa shape index (κ2) is 7.63. The molecule has 0 aliphatic carbocycles. The van der Waals surface area contributed by atoms with Gasteiger partial charge in [0.15, 0.2) is 0 Å². The molecule has 148 valence electrons. The molecule has 6 nitrogen and oxygen atoms in total. The van der Waals surface area contributed by atoms with E-state index in [2.05, 4.69) is 15.8 Å². The summed E-state index contributed by atoms with van der Waals surface area (Å²) in [4.78, 5) is 18.6. The van der Waals surface area contributed by atoms with E-state index in [1.54, 1.807) is 4.90 Å². The Morgan fingerprint density at radius 2 is 1.76 bits per heavy atom. The lowest BCUT2D eigenvalue weighted by molar-refractivity contribution is 0.0729. The third kappa shape index (κ3) is 4.12. The third-order valence-corrected chi connectivity index (χ3v) is 6.17. The van der Waals surface area contributed by atoms with Gasteiger partial charge in [0, 0.05) is 19.3 Å². The number of benzene rings is 2. The first-order valence-corrected chi connectivity index (χ1v) is 10.5. The van der Waals surface area contributed by atoms with Crippen LogP contribution in [-0.4, -0.2) is 30.8 Å². The molecule has 29 heavy (non-hydrogen) atoms. The molecule has 0 bridgehead atoms. The fourth-order valence-electron chi connectivity index (χ4n) is 3.27. The highest BCUT2D eigenvalue weighted by Crippen LogP contribution is 2.21. The first kappa shape index (κ1) is 19.1. The first-order valence-electron chi connectivity index (χ1n) is 9.03. The number of carbonyl (C=O) groups is 1. The lowest BCUT2D eigenvalue weighted by atomic mass is 10.00. The fourth-order valence-corrected chi connectivity index (χ4v) is 4.32. The second-order valence-corrected chi connectivity index (χ2v) is 8.42. The summed E-state index contributed by atoms with van der Waals surface area (Å²) in [7, 11) is -3.91. The number of aromatic nitrogens is 1. The van der Waals surface area contributed by atoms with Crippen molar-refractivity contribution in [2.45, 2.75) is 17.9 Å². The smallest absolute Gasteiger partial charge is 0.272 e. The average Bonchev–Trinajstić information content (AvgIpc) is 2.73. The number of fused-ring (bicyclic) bond motifs is 1. The Morgan fingerprint density at radius 3 is 2.52 bits per heavy atom. The predicted octanol–water partition coefficient (Wildman–Crippen LogP) is 3.22. The molecule has 1 aliphatic rings. The van der Waals surface area contributed by atoms with Crippen molar-refractivity contribution >= 4 is 21.6 Å². The van der Waals surface area contributed by atoms with Crippen LogP contribution in [0.15, 0.2) is 71.8 Å². The zero-order chi connectivity index (χ0) is 20.4. The zero-order valence-electron chi connectivity index (χ0n) is 15.4. The van der Waals surface area contributed by atoms with E-state index in [4.69, 9.17) is 0 Å².